The fourth-order valence-electron chi connectivity index (χ4n) is 2.74. The van der Waals surface area contributed by atoms with Crippen molar-refractivity contribution >= 4 is 17.9 Å². The summed E-state index contributed by atoms with van der Waals surface area (Å²) < 4.78 is 4.59. The summed E-state index contributed by atoms with van der Waals surface area (Å²) in [6.07, 6.45) is 0.746. The normalized spacial score (nSPS) is 27.2. The molecule has 1 saturated carbocycles. The van der Waals surface area contributed by atoms with Crippen LogP contribution in [0.1, 0.15) is 17.9 Å². The Morgan fingerprint density at radius 3 is 2.67 bits per heavy atom. The molecule has 1 saturated heterocycles. The largest absolute Gasteiger partial charge is 0.467 e. The Morgan fingerprint density at radius 1 is 1.29 bits per heavy atom. The van der Waals surface area contributed by atoms with Crippen LogP contribution in [0, 0.1) is 5.92 Å². The van der Waals surface area contributed by atoms with E-state index < -0.39 is 18.0 Å². The van der Waals surface area contributed by atoms with Crippen LogP contribution in [0.3, 0.4) is 0 Å². The number of benzene rings is 1. The van der Waals surface area contributed by atoms with Crippen LogP contribution in [0.2, 0.25) is 0 Å². The van der Waals surface area contributed by atoms with Crippen LogP contribution in [0.5, 0.6) is 0 Å². The number of rotatable bonds is 3. The van der Waals surface area contributed by atoms with Gasteiger partial charge >= 0.3 is 12.0 Å². The highest BCUT2D eigenvalue weighted by Gasteiger charge is 2.49. The number of nitrogens with zero attached hydrogens (tertiary/aromatic N) is 1. The van der Waals surface area contributed by atoms with Crippen molar-refractivity contribution in [2.24, 2.45) is 5.92 Å². The van der Waals surface area contributed by atoms with Gasteiger partial charge in [-0.2, -0.15) is 0 Å². The zero-order valence-corrected chi connectivity index (χ0v) is 11.6. The Balaban J connectivity index is 1.65. The molecule has 0 spiro atoms. The standard InChI is InChI=1S/C15H16N2O4/c1-21-14(19)12-8-17(15(20)16-12)13(18)11-7-10(11)9-5-3-2-4-6-9/h2-6,10-12H,7-8H2,1H3,(H,16,20)/t10-,11+,12-/m0/s1. The molecule has 0 aromatic heterocycles. The van der Waals surface area contributed by atoms with Gasteiger partial charge in [-0.1, -0.05) is 30.3 Å². The van der Waals surface area contributed by atoms with Crippen LogP contribution in [-0.4, -0.2) is 42.5 Å². The van der Waals surface area contributed by atoms with Gasteiger partial charge in [0.1, 0.15) is 6.04 Å². The smallest absolute Gasteiger partial charge is 0.330 e. The summed E-state index contributed by atoms with van der Waals surface area (Å²) in [5.74, 6) is -0.750. The lowest BCUT2D eigenvalue weighted by molar-refractivity contribution is -0.142. The maximum absolute atomic E-state index is 12.4. The molecule has 2 fully saturated rings. The summed E-state index contributed by atoms with van der Waals surface area (Å²) in [5.41, 5.74) is 1.11. The summed E-state index contributed by atoms with van der Waals surface area (Å²) in [4.78, 5) is 36.7. The second-order valence-corrected chi connectivity index (χ2v) is 5.33. The van der Waals surface area contributed by atoms with E-state index >= 15 is 0 Å². The molecule has 21 heavy (non-hydrogen) atoms. The van der Waals surface area contributed by atoms with E-state index in [9.17, 15) is 14.4 Å². The highest BCUT2D eigenvalue weighted by atomic mass is 16.5. The van der Waals surface area contributed by atoms with E-state index in [4.69, 9.17) is 0 Å². The van der Waals surface area contributed by atoms with Crippen molar-refractivity contribution in [3.8, 4) is 0 Å². The maximum Gasteiger partial charge on any atom is 0.330 e. The summed E-state index contributed by atoms with van der Waals surface area (Å²) >= 11 is 0. The van der Waals surface area contributed by atoms with Gasteiger partial charge in [0.25, 0.3) is 0 Å². The van der Waals surface area contributed by atoms with Gasteiger partial charge in [-0.25, -0.2) is 9.59 Å². The van der Waals surface area contributed by atoms with E-state index in [1.807, 2.05) is 30.3 Å². The minimum absolute atomic E-state index is 0.0440. The lowest BCUT2D eigenvalue weighted by Crippen LogP contribution is -2.35. The molecule has 1 N–H and O–H groups in total. The van der Waals surface area contributed by atoms with Crippen molar-refractivity contribution in [2.45, 2.75) is 18.4 Å². The van der Waals surface area contributed by atoms with Crippen LogP contribution < -0.4 is 5.32 Å². The van der Waals surface area contributed by atoms with Crippen LogP contribution in [0.15, 0.2) is 30.3 Å². The molecule has 1 heterocycles. The van der Waals surface area contributed by atoms with Gasteiger partial charge in [0.2, 0.25) is 5.91 Å². The van der Waals surface area contributed by atoms with E-state index in [0.29, 0.717) is 0 Å². The first kappa shape index (κ1) is 13.6. The van der Waals surface area contributed by atoms with Gasteiger partial charge in [0, 0.05) is 5.92 Å². The van der Waals surface area contributed by atoms with Crippen molar-refractivity contribution in [3.05, 3.63) is 35.9 Å². The van der Waals surface area contributed by atoms with Crippen LogP contribution in [0.25, 0.3) is 0 Å². The summed E-state index contributed by atoms with van der Waals surface area (Å²) in [6, 6.07) is 8.49. The van der Waals surface area contributed by atoms with E-state index in [1.54, 1.807) is 0 Å². The van der Waals surface area contributed by atoms with Crippen molar-refractivity contribution < 1.29 is 19.1 Å². The third kappa shape index (κ3) is 2.49. The van der Waals surface area contributed by atoms with Crippen molar-refractivity contribution in [1.29, 1.82) is 0 Å². The summed E-state index contributed by atoms with van der Waals surface area (Å²) in [5, 5.41) is 2.46. The molecule has 1 aromatic carbocycles. The molecule has 1 aromatic rings. The Morgan fingerprint density at radius 2 is 2.00 bits per heavy atom. The van der Waals surface area contributed by atoms with Gasteiger partial charge < -0.3 is 10.1 Å². The number of esters is 1. The van der Waals surface area contributed by atoms with Crippen molar-refractivity contribution in [2.75, 3.05) is 13.7 Å². The van der Waals surface area contributed by atoms with E-state index in [2.05, 4.69) is 10.1 Å². The first-order valence-electron chi connectivity index (χ1n) is 6.86. The number of nitrogens with one attached hydrogen (secondary N) is 1. The molecule has 6 nitrogen and oxygen atoms in total. The Kier molecular flexibility index (Phi) is 3.37. The zero-order valence-electron chi connectivity index (χ0n) is 11.6. The summed E-state index contributed by atoms with van der Waals surface area (Å²) in [6.45, 7) is 0.0440. The molecule has 2 aliphatic rings. The molecule has 1 aliphatic carbocycles. The predicted molar refractivity (Wildman–Crippen MR) is 73.3 cm³/mol. The summed E-state index contributed by atoms with van der Waals surface area (Å²) in [7, 11) is 1.26. The molecule has 0 radical (unpaired) electrons. The Hall–Kier alpha value is -2.37. The highest BCUT2D eigenvalue weighted by Crippen LogP contribution is 2.48. The SMILES string of the molecule is COC(=O)[C@@H]1CN(C(=O)[C@@H]2C[C@H]2c2ccccc2)C(=O)N1. The fourth-order valence-corrected chi connectivity index (χ4v) is 2.74. The average Bonchev–Trinajstić information content (AvgIpc) is 3.22. The van der Waals surface area contributed by atoms with Gasteiger partial charge in [-0.15, -0.1) is 0 Å². The first-order valence-corrected chi connectivity index (χ1v) is 6.86. The van der Waals surface area contributed by atoms with Crippen LogP contribution >= 0.6 is 0 Å². The number of amides is 3. The number of carbonyl (C=O) groups excluding carboxylic acids is 3. The van der Waals surface area contributed by atoms with Crippen LogP contribution in [0.4, 0.5) is 4.79 Å². The quantitative estimate of drug-likeness (QED) is 0.838. The molecule has 0 unspecified atom stereocenters. The average molecular weight is 288 g/mol. The number of carbonyl (C=O) groups is 3. The van der Waals surface area contributed by atoms with Crippen molar-refractivity contribution in [3.63, 3.8) is 0 Å². The minimum Gasteiger partial charge on any atom is -0.467 e. The lowest BCUT2D eigenvalue weighted by Gasteiger charge is -2.12. The third-order valence-electron chi connectivity index (χ3n) is 4.00. The van der Waals surface area contributed by atoms with Gasteiger partial charge in [0.05, 0.1) is 13.7 Å². The highest BCUT2D eigenvalue weighted by molar-refractivity contribution is 6.01. The Bertz CT molecular complexity index is 587. The first-order chi connectivity index (χ1) is 10.1. The number of imide groups is 1. The van der Waals surface area contributed by atoms with Gasteiger partial charge in [0.15, 0.2) is 0 Å². The van der Waals surface area contributed by atoms with Crippen LogP contribution in [-0.2, 0) is 14.3 Å². The zero-order chi connectivity index (χ0) is 15.0. The van der Waals surface area contributed by atoms with Gasteiger partial charge in [-0.05, 0) is 17.9 Å². The minimum atomic E-state index is -0.764. The second kappa shape index (κ2) is 5.20. The number of ether oxygens (including phenoxy) is 1. The number of methoxy groups -OCH3 is 1. The monoisotopic (exact) mass is 288 g/mol. The molecule has 0 bridgehead atoms. The maximum atomic E-state index is 12.4. The topological polar surface area (TPSA) is 75.7 Å². The second-order valence-electron chi connectivity index (χ2n) is 5.33. The number of hydrogen-bond acceptors (Lipinski definition) is 4. The van der Waals surface area contributed by atoms with Crippen molar-refractivity contribution in [1.82, 2.24) is 10.2 Å². The number of urea groups is 1. The molecular formula is C15H16N2O4. The molecular weight excluding hydrogens is 272 g/mol. The molecule has 3 atom stereocenters. The Labute approximate surface area is 122 Å². The van der Waals surface area contributed by atoms with E-state index in [-0.39, 0.29) is 24.3 Å². The molecule has 6 heteroatoms. The number of hydrogen-bond donors (Lipinski definition) is 1. The predicted octanol–water partition coefficient (Wildman–Crippen LogP) is 0.883. The lowest BCUT2D eigenvalue weighted by atomic mass is 10.1. The van der Waals surface area contributed by atoms with E-state index in [0.717, 1.165) is 16.9 Å². The molecule has 3 amide bonds. The van der Waals surface area contributed by atoms with Gasteiger partial charge in [-0.3, -0.25) is 9.69 Å². The fraction of sp³-hybridized carbons (Fsp3) is 0.400. The molecule has 3 rings (SSSR count). The molecule has 110 valence electrons. The van der Waals surface area contributed by atoms with E-state index in [1.165, 1.54) is 7.11 Å². The molecule has 1 aliphatic heterocycles. The third-order valence-corrected chi connectivity index (χ3v) is 4.00.